The number of hydrogen-bond donors (Lipinski definition) is 4. The molecule has 2 aliphatic rings. The summed E-state index contributed by atoms with van der Waals surface area (Å²) in [6.07, 6.45) is 3.77. The number of ether oxygens (including phenoxy) is 1. The van der Waals surface area contributed by atoms with Crippen molar-refractivity contribution in [2.45, 2.75) is 64.8 Å². The number of thiocarbonyl (C=S) groups is 1. The van der Waals surface area contributed by atoms with E-state index in [1.807, 2.05) is 19.1 Å². The Kier molecular flexibility index (Phi) is 8.91. The molecule has 1 unspecified atom stereocenters. The van der Waals surface area contributed by atoms with Gasteiger partial charge < -0.3 is 20.1 Å². The van der Waals surface area contributed by atoms with Gasteiger partial charge in [-0.2, -0.15) is 0 Å². The highest BCUT2D eigenvalue weighted by atomic mass is 32.1. The molecule has 1 aromatic rings. The normalized spacial score (nSPS) is 17.3. The topological polar surface area (TPSA) is 103 Å². The summed E-state index contributed by atoms with van der Waals surface area (Å²) in [6.45, 7) is 8.65. The second-order valence-electron chi connectivity index (χ2n) is 9.51. The van der Waals surface area contributed by atoms with E-state index >= 15 is 0 Å². The summed E-state index contributed by atoms with van der Waals surface area (Å²) in [5.41, 5.74) is 8.22. The van der Waals surface area contributed by atoms with E-state index in [0.717, 1.165) is 62.4 Å². The van der Waals surface area contributed by atoms with Gasteiger partial charge in [0.25, 0.3) is 0 Å². The molecule has 2 fully saturated rings. The smallest absolute Gasteiger partial charge is 0.303 e. The fraction of sp³-hybridized carbons (Fsp3) is 0.625. The molecule has 4 N–H and O–H groups in total. The van der Waals surface area contributed by atoms with E-state index in [0.29, 0.717) is 17.1 Å². The maximum absolute atomic E-state index is 12.0. The monoisotopic (exact) mass is 476 g/mol. The van der Waals surface area contributed by atoms with Crippen molar-refractivity contribution in [2.75, 3.05) is 30.0 Å². The number of nitrogens with one attached hydrogen (secondary N) is 3. The first-order valence-electron chi connectivity index (χ1n) is 11.8. The number of hydrogen-bond acceptors (Lipinski definition) is 5. The number of anilines is 2. The lowest BCUT2D eigenvalue weighted by Crippen LogP contribution is -2.45. The predicted molar refractivity (Wildman–Crippen MR) is 133 cm³/mol. The van der Waals surface area contributed by atoms with Gasteiger partial charge in [0, 0.05) is 31.7 Å². The lowest BCUT2D eigenvalue weighted by atomic mass is 9.95. The Labute approximate surface area is 201 Å². The molecular weight excluding hydrogens is 440 g/mol. The van der Waals surface area contributed by atoms with Gasteiger partial charge in [-0.3, -0.25) is 20.4 Å². The summed E-state index contributed by atoms with van der Waals surface area (Å²) in [7, 11) is 0. The van der Waals surface area contributed by atoms with Crippen LogP contribution in [0.15, 0.2) is 18.2 Å². The minimum absolute atomic E-state index is 0.0492. The first kappa shape index (κ1) is 25.2. The first-order chi connectivity index (χ1) is 15.7. The maximum Gasteiger partial charge on any atom is 0.303 e. The van der Waals surface area contributed by atoms with Crippen LogP contribution in [0, 0.1) is 11.8 Å². The van der Waals surface area contributed by atoms with E-state index in [4.69, 9.17) is 17.0 Å². The summed E-state index contributed by atoms with van der Waals surface area (Å²) in [6, 6.07) is 6.39. The highest BCUT2D eigenvalue weighted by molar-refractivity contribution is 7.80. The Morgan fingerprint density at radius 3 is 2.45 bits per heavy atom. The number of rotatable bonds is 9. The molecular formula is C24H36N4O4S. The lowest BCUT2D eigenvalue weighted by molar-refractivity contribution is -0.137. The van der Waals surface area contributed by atoms with Gasteiger partial charge in [-0.15, -0.1) is 0 Å². The zero-order valence-corrected chi connectivity index (χ0v) is 20.5. The number of amides is 1. The molecule has 1 heterocycles. The third-order valence-electron chi connectivity index (χ3n) is 6.07. The molecule has 1 saturated carbocycles. The van der Waals surface area contributed by atoms with Crippen molar-refractivity contribution < 1.29 is 19.4 Å². The molecule has 33 heavy (non-hydrogen) atoms. The third kappa shape index (κ3) is 7.57. The Balaban J connectivity index is 1.86. The summed E-state index contributed by atoms with van der Waals surface area (Å²) < 4.78 is 5.58. The van der Waals surface area contributed by atoms with E-state index in [9.17, 15) is 14.7 Å². The molecule has 0 aromatic heterocycles. The van der Waals surface area contributed by atoms with Crippen molar-refractivity contribution in [2.24, 2.45) is 11.8 Å². The van der Waals surface area contributed by atoms with E-state index < -0.39 is 5.97 Å². The molecule has 1 atom stereocenters. The molecule has 1 saturated heterocycles. The van der Waals surface area contributed by atoms with Crippen molar-refractivity contribution in [3.8, 4) is 0 Å². The first-order valence-corrected chi connectivity index (χ1v) is 12.2. The number of carbonyl (C=O) groups excluding carboxylic acids is 1. The molecule has 0 bridgehead atoms. The van der Waals surface area contributed by atoms with Gasteiger partial charge in [0.1, 0.15) is 0 Å². The van der Waals surface area contributed by atoms with Crippen molar-refractivity contribution in [1.29, 1.82) is 0 Å². The second kappa shape index (κ2) is 11.7. The van der Waals surface area contributed by atoms with Crippen LogP contribution in [0.25, 0.3) is 0 Å². The zero-order valence-electron chi connectivity index (χ0n) is 19.7. The number of carboxylic acid groups (broad SMARTS) is 1. The van der Waals surface area contributed by atoms with Crippen LogP contribution in [0.1, 0.15) is 64.4 Å². The number of benzene rings is 1. The quantitative estimate of drug-likeness (QED) is 0.317. The predicted octanol–water partition coefficient (Wildman–Crippen LogP) is 3.63. The van der Waals surface area contributed by atoms with Gasteiger partial charge in [0.2, 0.25) is 5.91 Å². The van der Waals surface area contributed by atoms with Crippen LogP contribution < -0.4 is 21.1 Å². The summed E-state index contributed by atoms with van der Waals surface area (Å²) in [5, 5.41) is 12.8. The van der Waals surface area contributed by atoms with E-state index in [1.165, 1.54) is 0 Å². The fourth-order valence-electron chi connectivity index (χ4n) is 4.14. The summed E-state index contributed by atoms with van der Waals surface area (Å²) in [4.78, 5) is 25.6. The molecule has 1 aromatic carbocycles. The Hall–Kier alpha value is -2.39. The minimum atomic E-state index is -0.829. The van der Waals surface area contributed by atoms with Crippen LogP contribution in [-0.4, -0.2) is 47.9 Å². The van der Waals surface area contributed by atoms with Crippen molar-refractivity contribution in [3.05, 3.63) is 23.8 Å². The summed E-state index contributed by atoms with van der Waals surface area (Å²) in [5.74, 6) is -0.494. The van der Waals surface area contributed by atoms with Crippen molar-refractivity contribution >= 4 is 40.6 Å². The van der Waals surface area contributed by atoms with Crippen molar-refractivity contribution in [3.63, 3.8) is 0 Å². The third-order valence-corrected chi connectivity index (χ3v) is 6.27. The summed E-state index contributed by atoms with van der Waals surface area (Å²) >= 11 is 5.46. The van der Waals surface area contributed by atoms with Gasteiger partial charge in [-0.05, 0) is 67.4 Å². The Bertz CT molecular complexity index is 853. The van der Waals surface area contributed by atoms with Crippen molar-refractivity contribution in [1.82, 2.24) is 10.9 Å². The van der Waals surface area contributed by atoms with Crippen LogP contribution in [-0.2, 0) is 14.3 Å². The highest BCUT2D eigenvalue weighted by Crippen LogP contribution is 2.34. The SMILES string of the molecule is CC(C)CN(c1ccc(C(C)CC(=O)O)cc1NC(=S)NNC(=O)C1CC1)C1CCOCC1. The van der Waals surface area contributed by atoms with Gasteiger partial charge in [-0.25, -0.2) is 0 Å². The Morgan fingerprint density at radius 1 is 1.15 bits per heavy atom. The van der Waals surface area contributed by atoms with Gasteiger partial charge in [0.15, 0.2) is 5.11 Å². The number of aliphatic carboxylic acids is 1. The number of carboxylic acids is 1. The molecule has 3 rings (SSSR count). The minimum Gasteiger partial charge on any atom is -0.481 e. The van der Waals surface area contributed by atoms with Gasteiger partial charge in [-0.1, -0.05) is 26.8 Å². The molecule has 8 nitrogen and oxygen atoms in total. The molecule has 1 aliphatic heterocycles. The van der Waals surface area contributed by atoms with E-state index in [1.54, 1.807) is 0 Å². The number of nitrogens with zero attached hydrogens (tertiary/aromatic N) is 1. The van der Waals surface area contributed by atoms with Crippen LogP contribution in [0.2, 0.25) is 0 Å². The van der Waals surface area contributed by atoms with Crippen LogP contribution in [0.3, 0.4) is 0 Å². The number of carbonyl (C=O) groups is 2. The molecule has 9 heteroatoms. The zero-order chi connectivity index (χ0) is 24.0. The molecule has 0 radical (unpaired) electrons. The van der Waals surface area contributed by atoms with Crippen LogP contribution >= 0.6 is 12.2 Å². The van der Waals surface area contributed by atoms with E-state index in [-0.39, 0.29) is 24.2 Å². The lowest BCUT2D eigenvalue weighted by Gasteiger charge is -2.38. The average molecular weight is 477 g/mol. The second-order valence-corrected chi connectivity index (χ2v) is 9.92. The fourth-order valence-corrected chi connectivity index (χ4v) is 4.31. The molecule has 1 amide bonds. The van der Waals surface area contributed by atoms with Gasteiger partial charge >= 0.3 is 5.97 Å². The van der Waals surface area contributed by atoms with E-state index in [2.05, 4.69) is 41.0 Å². The average Bonchev–Trinajstić information content (AvgIpc) is 3.61. The standard InChI is InChI=1S/C24H36N4O4S/c1-15(2)14-28(19-8-10-32-11-9-19)21-7-6-18(16(3)12-22(29)30)13-20(21)25-24(33)27-26-23(31)17-4-5-17/h6-7,13,15-17,19H,4-5,8-12,14H2,1-3H3,(H,26,31)(H,29,30)(H2,25,27,33). The molecule has 182 valence electrons. The van der Waals surface area contributed by atoms with Gasteiger partial charge in [0.05, 0.1) is 17.8 Å². The largest absolute Gasteiger partial charge is 0.481 e. The van der Waals surface area contributed by atoms with Crippen LogP contribution in [0.5, 0.6) is 0 Å². The molecule has 0 spiro atoms. The number of hydrazine groups is 1. The van der Waals surface area contributed by atoms with Crippen LogP contribution in [0.4, 0.5) is 11.4 Å². The maximum atomic E-state index is 12.0. The Morgan fingerprint density at radius 2 is 1.85 bits per heavy atom. The highest BCUT2D eigenvalue weighted by Gasteiger charge is 2.30. The molecule has 1 aliphatic carbocycles.